The van der Waals surface area contributed by atoms with E-state index < -0.39 is 5.97 Å². The topological polar surface area (TPSA) is 72.5 Å². The van der Waals surface area contributed by atoms with Crippen molar-refractivity contribution in [3.63, 3.8) is 0 Å². The largest absolute Gasteiger partial charge is 0.457 e. The highest BCUT2D eigenvalue weighted by Crippen LogP contribution is 2.21. The van der Waals surface area contributed by atoms with Crippen molar-refractivity contribution in [2.75, 3.05) is 23.4 Å². The fourth-order valence-corrected chi connectivity index (χ4v) is 3.45. The molecule has 0 fully saturated rings. The van der Waals surface area contributed by atoms with Gasteiger partial charge in [0.2, 0.25) is 11.7 Å². The second-order valence-corrected chi connectivity index (χ2v) is 7.80. The molecule has 0 radical (unpaired) electrons. The lowest BCUT2D eigenvalue weighted by molar-refractivity contribution is -0.139. The Morgan fingerprint density at radius 3 is 2.68 bits per heavy atom. The molecule has 1 aromatic heterocycles. The Morgan fingerprint density at radius 2 is 2.00 bits per heavy atom. The Labute approximate surface area is 158 Å². The predicted molar refractivity (Wildman–Crippen MR) is 102 cm³/mol. The van der Waals surface area contributed by atoms with Crippen molar-refractivity contribution in [3.05, 3.63) is 51.2 Å². The number of thioether (sulfide) groups is 1. The van der Waals surface area contributed by atoms with Crippen molar-refractivity contribution in [3.8, 4) is 0 Å². The fraction of sp³-hybridized carbons (Fsp3) is 0.235. The number of aryl methyl sites for hydroxylation is 1. The average molecular weight is 398 g/mol. The molecule has 0 saturated heterocycles. The summed E-state index contributed by atoms with van der Waals surface area (Å²) in [6.45, 7) is 1.61. The number of thiophene rings is 1. The number of anilines is 1. The first-order valence-electron chi connectivity index (χ1n) is 7.32. The number of rotatable bonds is 8. The summed E-state index contributed by atoms with van der Waals surface area (Å²) in [6.07, 6.45) is 0. The van der Waals surface area contributed by atoms with Crippen LogP contribution in [0, 0.1) is 6.92 Å². The molecular weight excluding hydrogens is 382 g/mol. The monoisotopic (exact) mass is 397 g/mol. The molecule has 132 valence electrons. The summed E-state index contributed by atoms with van der Waals surface area (Å²) >= 11 is 8.01. The zero-order valence-corrected chi connectivity index (χ0v) is 15.8. The van der Waals surface area contributed by atoms with Crippen LogP contribution in [0.1, 0.15) is 15.2 Å². The zero-order valence-electron chi connectivity index (χ0n) is 13.4. The number of benzene rings is 1. The molecule has 0 saturated carbocycles. The van der Waals surface area contributed by atoms with Crippen LogP contribution in [0.25, 0.3) is 0 Å². The zero-order chi connectivity index (χ0) is 18.2. The molecule has 8 heteroatoms. The van der Waals surface area contributed by atoms with Gasteiger partial charge >= 0.3 is 5.97 Å². The van der Waals surface area contributed by atoms with Gasteiger partial charge in [-0.2, -0.15) is 0 Å². The van der Waals surface area contributed by atoms with Gasteiger partial charge in [0.15, 0.2) is 6.61 Å². The quantitative estimate of drug-likeness (QED) is 0.541. The van der Waals surface area contributed by atoms with Crippen LogP contribution in [-0.2, 0) is 14.3 Å². The molecule has 0 aliphatic heterocycles. The number of esters is 1. The first-order chi connectivity index (χ1) is 11.9. The lowest BCUT2D eigenvalue weighted by Crippen LogP contribution is -2.18. The van der Waals surface area contributed by atoms with Crippen LogP contribution in [0.3, 0.4) is 0 Å². The van der Waals surface area contributed by atoms with Gasteiger partial charge in [-0.25, -0.2) is 0 Å². The summed E-state index contributed by atoms with van der Waals surface area (Å²) in [5.41, 5.74) is 1.76. The van der Waals surface area contributed by atoms with Crippen molar-refractivity contribution in [1.29, 1.82) is 0 Å². The van der Waals surface area contributed by atoms with Crippen LogP contribution in [0.2, 0.25) is 4.34 Å². The Kier molecular flexibility index (Phi) is 7.49. The van der Waals surface area contributed by atoms with E-state index in [4.69, 9.17) is 16.3 Å². The van der Waals surface area contributed by atoms with Gasteiger partial charge in [0.1, 0.15) is 0 Å². The summed E-state index contributed by atoms with van der Waals surface area (Å²) in [4.78, 5) is 35.7. The third-order valence-corrected chi connectivity index (χ3v) is 5.15. The molecule has 0 unspecified atom stereocenters. The second-order valence-electron chi connectivity index (χ2n) is 5.10. The maximum absolute atomic E-state index is 11.8. The van der Waals surface area contributed by atoms with Gasteiger partial charge in [-0.15, -0.1) is 23.1 Å². The molecule has 1 amide bonds. The van der Waals surface area contributed by atoms with Crippen LogP contribution in [0.5, 0.6) is 0 Å². The standard InChI is InChI=1S/C17H16ClNO4S2/c1-11-3-2-4-12(7-11)19-16(21)9-24-10-17(22)23-8-13(20)14-5-6-15(18)25-14/h2-7H,8-10H2,1H3,(H,19,21). The summed E-state index contributed by atoms with van der Waals surface area (Å²) in [5, 5.41) is 2.75. The smallest absolute Gasteiger partial charge is 0.316 e. The van der Waals surface area contributed by atoms with Crippen molar-refractivity contribution >= 4 is 58.0 Å². The number of ketones is 1. The lowest BCUT2D eigenvalue weighted by Gasteiger charge is -2.06. The van der Waals surface area contributed by atoms with Crippen LogP contribution in [0.15, 0.2) is 36.4 Å². The highest BCUT2D eigenvalue weighted by Gasteiger charge is 2.13. The Morgan fingerprint density at radius 1 is 1.20 bits per heavy atom. The summed E-state index contributed by atoms with van der Waals surface area (Å²) < 4.78 is 5.41. The van der Waals surface area contributed by atoms with Crippen LogP contribution < -0.4 is 5.32 Å². The first-order valence-corrected chi connectivity index (χ1v) is 9.67. The van der Waals surface area contributed by atoms with Crippen LogP contribution in [-0.4, -0.2) is 35.8 Å². The van der Waals surface area contributed by atoms with E-state index in [2.05, 4.69) is 5.32 Å². The molecule has 1 heterocycles. The molecule has 2 rings (SSSR count). The molecule has 25 heavy (non-hydrogen) atoms. The molecule has 0 bridgehead atoms. The van der Waals surface area contributed by atoms with Crippen molar-refractivity contribution in [2.24, 2.45) is 0 Å². The van der Waals surface area contributed by atoms with Gasteiger partial charge < -0.3 is 10.1 Å². The van der Waals surface area contributed by atoms with E-state index in [0.29, 0.717) is 14.9 Å². The van der Waals surface area contributed by atoms with E-state index in [1.165, 1.54) is 0 Å². The second kappa shape index (κ2) is 9.60. The van der Waals surface area contributed by atoms with Crippen molar-refractivity contribution in [2.45, 2.75) is 6.92 Å². The first kappa shape index (κ1) is 19.5. The van der Waals surface area contributed by atoms with Gasteiger partial charge in [0.05, 0.1) is 20.7 Å². The minimum absolute atomic E-state index is 0.000284. The fourth-order valence-electron chi connectivity index (χ4n) is 1.87. The number of nitrogens with one attached hydrogen (secondary N) is 1. The van der Waals surface area contributed by atoms with E-state index in [1.54, 1.807) is 18.2 Å². The van der Waals surface area contributed by atoms with Crippen molar-refractivity contribution < 1.29 is 19.1 Å². The van der Waals surface area contributed by atoms with E-state index in [-0.39, 0.29) is 29.8 Å². The number of Topliss-reactive ketones (excluding diaryl/α,β-unsaturated/α-hetero) is 1. The number of halogens is 1. The molecule has 1 aromatic carbocycles. The maximum Gasteiger partial charge on any atom is 0.316 e. The molecule has 2 aromatic rings. The Bertz CT molecular complexity index is 776. The third kappa shape index (κ3) is 6.89. The van der Waals surface area contributed by atoms with Gasteiger partial charge in [0.25, 0.3) is 0 Å². The molecule has 1 N–H and O–H groups in total. The summed E-state index contributed by atoms with van der Waals surface area (Å²) in [6, 6.07) is 10.7. The van der Waals surface area contributed by atoms with Gasteiger partial charge in [-0.05, 0) is 36.8 Å². The van der Waals surface area contributed by atoms with Crippen LogP contribution >= 0.6 is 34.7 Å². The average Bonchev–Trinajstić information content (AvgIpc) is 2.99. The molecule has 0 aliphatic rings. The molecule has 5 nitrogen and oxygen atoms in total. The van der Waals surface area contributed by atoms with Gasteiger partial charge in [0, 0.05) is 5.69 Å². The Hall–Kier alpha value is -1.83. The number of carbonyl (C=O) groups is 3. The molecular formula is C17H16ClNO4S2. The molecule has 0 atom stereocenters. The van der Waals surface area contributed by atoms with Gasteiger partial charge in [-0.3, -0.25) is 14.4 Å². The van der Waals surface area contributed by atoms with E-state index in [9.17, 15) is 14.4 Å². The van der Waals surface area contributed by atoms with E-state index in [0.717, 1.165) is 28.7 Å². The Balaban J connectivity index is 1.64. The number of carbonyl (C=O) groups excluding carboxylic acids is 3. The third-order valence-electron chi connectivity index (χ3n) is 2.97. The van der Waals surface area contributed by atoms with Crippen LogP contribution in [0.4, 0.5) is 5.69 Å². The maximum atomic E-state index is 11.8. The highest BCUT2D eigenvalue weighted by molar-refractivity contribution is 8.00. The lowest BCUT2D eigenvalue weighted by atomic mass is 10.2. The van der Waals surface area contributed by atoms with Crippen molar-refractivity contribution in [1.82, 2.24) is 0 Å². The number of hydrogen-bond acceptors (Lipinski definition) is 6. The number of ether oxygens (including phenoxy) is 1. The van der Waals surface area contributed by atoms with E-state index >= 15 is 0 Å². The number of amides is 1. The predicted octanol–water partition coefficient (Wildman–Crippen LogP) is 3.81. The normalized spacial score (nSPS) is 10.3. The minimum atomic E-state index is -0.538. The number of hydrogen-bond donors (Lipinski definition) is 1. The molecule has 0 aliphatic carbocycles. The van der Waals surface area contributed by atoms with E-state index in [1.807, 2.05) is 25.1 Å². The SMILES string of the molecule is Cc1cccc(NC(=O)CSCC(=O)OCC(=O)c2ccc(Cl)s2)c1. The summed E-state index contributed by atoms with van der Waals surface area (Å²) in [7, 11) is 0. The molecule has 0 spiro atoms. The van der Waals surface area contributed by atoms with Gasteiger partial charge in [-0.1, -0.05) is 23.7 Å². The minimum Gasteiger partial charge on any atom is -0.457 e. The summed E-state index contributed by atoms with van der Waals surface area (Å²) in [5.74, 6) is -0.915. The highest BCUT2D eigenvalue weighted by atomic mass is 35.5.